The summed E-state index contributed by atoms with van der Waals surface area (Å²) in [5.41, 5.74) is 1.90. The molecule has 0 radical (unpaired) electrons. The maximum atomic E-state index is 12.5. The Morgan fingerprint density at radius 3 is 2.84 bits per heavy atom. The Labute approximate surface area is 183 Å². The Morgan fingerprint density at radius 2 is 2.00 bits per heavy atom. The number of carbonyl (C=O) groups is 1. The molecule has 1 atom stereocenters. The molecule has 0 bridgehead atoms. The van der Waals surface area contributed by atoms with Gasteiger partial charge in [-0.2, -0.15) is 4.68 Å². The number of halogens is 1. The fraction of sp³-hybridized carbons (Fsp3) is 0.227. The largest absolute Gasteiger partial charge is 0.464 e. The predicted octanol–water partition coefficient (Wildman–Crippen LogP) is 3.01. The lowest BCUT2D eigenvalue weighted by molar-refractivity contribution is -0.127. The molecule has 160 valence electrons. The van der Waals surface area contributed by atoms with Crippen LogP contribution in [-0.2, 0) is 11.3 Å². The zero-order valence-corrected chi connectivity index (χ0v) is 17.7. The number of amides is 1. The molecule has 0 aliphatic carbocycles. The summed E-state index contributed by atoms with van der Waals surface area (Å²) >= 11 is 6.06. The molecule has 4 rings (SSSR count). The number of hydrogen-bond donors (Lipinski definition) is 1. The van der Waals surface area contributed by atoms with Crippen LogP contribution in [0.4, 0.5) is 0 Å². The highest BCUT2D eigenvalue weighted by molar-refractivity contribution is 6.30. The molecule has 1 N–H and O–H groups in total. The highest BCUT2D eigenvalue weighted by Crippen LogP contribution is 2.32. The first-order valence-corrected chi connectivity index (χ1v) is 9.98. The predicted molar refractivity (Wildman–Crippen MR) is 114 cm³/mol. The fourth-order valence-electron chi connectivity index (χ4n) is 3.06. The highest BCUT2D eigenvalue weighted by atomic mass is 35.5. The summed E-state index contributed by atoms with van der Waals surface area (Å²) in [6.45, 7) is 3.95. The number of aromatic nitrogens is 2. The van der Waals surface area contributed by atoms with Gasteiger partial charge >= 0.3 is 0 Å². The van der Waals surface area contributed by atoms with Gasteiger partial charge in [-0.05, 0) is 49.2 Å². The number of benzene rings is 2. The summed E-state index contributed by atoms with van der Waals surface area (Å²) < 4.78 is 17.5. The van der Waals surface area contributed by atoms with Crippen molar-refractivity contribution in [2.75, 3.05) is 6.79 Å². The van der Waals surface area contributed by atoms with Crippen molar-refractivity contribution in [1.29, 1.82) is 0 Å². The van der Waals surface area contributed by atoms with Crippen molar-refractivity contribution in [2.45, 2.75) is 26.5 Å². The molecule has 31 heavy (non-hydrogen) atoms. The first-order valence-electron chi connectivity index (χ1n) is 9.60. The minimum Gasteiger partial charge on any atom is -0.464 e. The third-order valence-corrected chi connectivity index (χ3v) is 4.98. The van der Waals surface area contributed by atoms with Crippen molar-refractivity contribution in [3.63, 3.8) is 0 Å². The standard InChI is InChI=1S/C22H20ClN3O5/c1-13-3-5-16(23)10-17(13)26-21(27)8-7-20(25-26)31-14(2)22(28)24-11-15-4-6-18-19(9-15)30-12-29-18/h3-10,14H,11-12H2,1-2H3,(H,24,28). The highest BCUT2D eigenvalue weighted by Gasteiger charge is 2.18. The van der Waals surface area contributed by atoms with Crippen LogP contribution in [0.2, 0.25) is 5.02 Å². The molecule has 8 nitrogen and oxygen atoms in total. The first kappa shape index (κ1) is 20.7. The summed E-state index contributed by atoms with van der Waals surface area (Å²) in [6, 6.07) is 13.4. The second-order valence-electron chi connectivity index (χ2n) is 7.02. The number of nitrogens with one attached hydrogen (secondary N) is 1. The molecule has 0 saturated carbocycles. The average Bonchev–Trinajstić information content (AvgIpc) is 3.23. The molecule has 1 unspecified atom stereocenters. The van der Waals surface area contributed by atoms with Gasteiger partial charge < -0.3 is 19.5 Å². The molecule has 3 aromatic rings. The van der Waals surface area contributed by atoms with Gasteiger partial charge in [0.2, 0.25) is 12.7 Å². The van der Waals surface area contributed by atoms with E-state index in [-0.39, 0.29) is 24.1 Å². The lowest BCUT2D eigenvalue weighted by Gasteiger charge is -2.15. The van der Waals surface area contributed by atoms with Crippen molar-refractivity contribution < 1.29 is 19.0 Å². The van der Waals surface area contributed by atoms with Gasteiger partial charge in [-0.25, -0.2) is 0 Å². The molecule has 0 saturated heterocycles. The van der Waals surface area contributed by atoms with E-state index in [1.807, 2.05) is 19.1 Å². The maximum Gasteiger partial charge on any atom is 0.271 e. The second-order valence-corrected chi connectivity index (χ2v) is 7.45. The van der Waals surface area contributed by atoms with E-state index < -0.39 is 6.10 Å². The Kier molecular flexibility index (Phi) is 5.81. The third kappa shape index (κ3) is 4.64. The van der Waals surface area contributed by atoms with Crippen molar-refractivity contribution in [2.24, 2.45) is 0 Å². The van der Waals surface area contributed by atoms with Crippen LogP contribution < -0.4 is 25.1 Å². The molecular formula is C22H20ClN3O5. The first-order chi connectivity index (χ1) is 14.9. The van der Waals surface area contributed by atoms with Crippen molar-refractivity contribution in [3.8, 4) is 23.1 Å². The van der Waals surface area contributed by atoms with Crippen LogP contribution in [0.5, 0.6) is 17.4 Å². The molecule has 9 heteroatoms. The van der Waals surface area contributed by atoms with Crippen LogP contribution in [0.25, 0.3) is 5.69 Å². The summed E-state index contributed by atoms with van der Waals surface area (Å²) in [4.78, 5) is 24.8. The van der Waals surface area contributed by atoms with Crippen LogP contribution in [-0.4, -0.2) is 28.6 Å². The van der Waals surface area contributed by atoms with Gasteiger partial charge in [0, 0.05) is 23.7 Å². The van der Waals surface area contributed by atoms with E-state index in [2.05, 4.69) is 10.4 Å². The van der Waals surface area contributed by atoms with E-state index in [1.165, 1.54) is 16.8 Å². The Balaban J connectivity index is 1.43. The van der Waals surface area contributed by atoms with Crippen LogP contribution in [0, 0.1) is 6.92 Å². The number of nitrogens with zero attached hydrogens (tertiary/aromatic N) is 2. The van der Waals surface area contributed by atoms with Crippen LogP contribution in [0.1, 0.15) is 18.1 Å². The number of ether oxygens (including phenoxy) is 3. The van der Waals surface area contributed by atoms with E-state index >= 15 is 0 Å². The second kappa shape index (κ2) is 8.69. The number of aryl methyl sites for hydroxylation is 1. The SMILES string of the molecule is Cc1ccc(Cl)cc1-n1nc(OC(C)C(=O)NCc2ccc3c(c2)OCO3)ccc1=O. The molecule has 2 heterocycles. The van der Waals surface area contributed by atoms with E-state index in [9.17, 15) is 9.59 Å². The molecular weight excluding hydrogens is 422 g/mol. The van der Waals surface area contributed by atoms with Gasteiger partial charge in [0.15, 0.2) is 17.6 Å². The van der Waals surface area contributed by atoms with E-state index in [0.717, 1.165) is 11.1 Å². The van der Waals surface area contributed by atoms with Gasteiger partial charge in [0.25, 0.3) is 11.5 Å². The minimum absolute atomic E-state index is 0.143. The lowest BCUT2D eigenvalue weighted by Crippen LogP contribution is -2.36. The summed E-state index contributed by atoms with van der Waals surface area (Å²) in [7, 11) is 0. The summed E-state index contributed by atoms with van der Waals surface area (Å²) in [6.07, 6.45) is -0.826. The molecule has 1 amide bonds. The van der Waals surface area contributed by atoms with E-state index in [0.29, 0.717) is 28.8 Å². The Bertz CT molecular complexity index is 1190. The van der Waals surface area contributed by atoms with Gasteiger partial charge in [-0.3, -0.25) is 9.59 Å². The van der Waals surface area contributed by atoms with Crippen LogP contribution in [0.3, 0.4) is 0 Å². The minimum atomic E-state index is -0.826. The van der Waals surface area contributed by atoms with Crippen molar-refractivity contribution in [3.05, 3.63) is 75.0 Å². The third-order valence-electron chi connectivity index (χ3n) is 4.75. The van der Waals surface area contributed by atoms with Gasteiger partial charge in [0.1, 0.15) is 0 Å². The molecule has 1 aliphatic heterocycles. The van der Waals surface area contributed by atoms with E-state index in [4.69, 9.17) is 25.8 Å². The van der Waals surface area contributed by atoms with Gasteiger partial charge in [-0.15, -0.1) is 5.10 Å². The Hall–Kier alpha value is -3.52. The molecule has 1 aliphatic rings. The number of carbonyl (C=O) groups excluding carboxylic acids is 1. The number of hydrogen-bond acceptors (Lipinski definition) is 6. The zero-order valence-electron chi connectivity index (χ0n) is 16.9. The van der Waals surface area contributed by atoms with Gasteiger partial charge in [-0.1, -0.05) is 23.7 Å². The number of fused-ring (bicyclic) bond motifs is 1. The normalized spacial score (nSPS) is 13.0. The maximum absolute atomic E-state index is 12.5. The Morgan fingerprint density at radius 1 is 1.19 bits per heavy atom. The lowest BCUT2D eigenvalue weighted by atomic mass is 10.2. The molecule has 0 spiro atoms. The van der Waals surface area contributed by atoms with Crippen molar-refractivity contribution in [1.82, 2.24) is 15.1 Å². The topological polar surface area (TPSA) is 91.7 Å². The number of rotatable bonds is 6. The quantitative estimate of drug-likeness (QED) is 0.632. The molecule has 0 fully saturated rings. The smallest absolute Gasteiger partial charge is 0.271 e. The summed E-state index contributed by atoms with van der Waals surface area (Å²) in [5, 5.41) is 7.53. The van der Waals surface area contributed by atoms with Gasteiger partial charge in [0.05, 0.1) is 5.69 Å². The van der Waals surface area contributed by atoms with Crippen LogP contribution >= 0.6 is 11.6 Å². The average molecular weight is 442 g/mol. The van der Waals surface area contributed by atoms with E-state index in [1.54, 1.807) is 31.2 Å². The monoisotopic (exact) mass is 441 g/mol. The van der Waals surface area contributed by atoms with Crippen LogP contribution in [0.15, 0.2) is 53.3 Å². The summed E-state index contributed by atoms with van der Waals surface area (Å²) in [5.74, 6) is 1.16. The zero-order chi connectivity index (χ0) is 22.0. The fourth-order valence-corrected chi connectivity index (χ4v) is 3.23. The molecule has 2 aromatic carbocycles. The molecule has 1 aromatic heterocycles. The van der Waals surface area contributed by atoms with Crippen molar-refractivity contribution >= 4 is 17.5 Å².